The molecule has 0 aromatic rings. The monoisotopic (exact) mass is 242 g/mol. The van der Waals surface area contributed by atoms with E-state index in [0.29, 0.717) is 19.1 Å². The summed E-state index contributed by atoms with van der Waals surface area (Å²) in [5, 5.41) is 0. The molecule has 0 N–H and O–H groups in total. The lowest BCUT2D eigenvalue weighted by molar-refractivity contribution is -0.163. The topological polar surface area (TPSA) is 52.6 Å². The SMILES string of the molecule is CCOC(=O)[C@H]1CC(C)CC[C@H]1C(=O)OCC. The van der Waals surface area contributed by atoms with E-state index >= 15 is 0 Å². The maximum absolute atomic E-state index is 11.8. The molecule has 1 aliphatic rings. The molecule has 4 nitrogen and oxygen atoms in total. The maximum atomic E-state index is 11.8. The Kier molecular flexibility index (Phi) is 5.45. The van der Waals surface area contributed by atoms with Crippen molar-refractivity contribution in [3.05, 3.63) is 0 Å². The highest BCUT2D eigenvalue weighted by Crippen LogP contribution is 2.35. The van der Waals surface area contributed by atoms with Gasteiger partial charge in [-0.15, -0.1) is 0 Å². The van der Waals surface area contributed by atoms with Gasteiger partial charge in [0.25, 0.3) is 0 Å². The molecule has 0 aliphatic heterocycles. The number of carbonyl (C=O) groups excluding carboxylic acids is 2. The van der Waals surface area contributed by atoms with Crippen LogP contribution in [-0.4, -0.2) is 25.2 Å². The molecule has 4 heteroatoms. The third-order valence-electron chi connectivity index (χ3n) is 3.29. The highest BCUT2D eigenvalue weighted by atomic mass is 16.5. The number of carbonyl (C=O) groups is 2. The number of rotatable bonds is 4. The molecule has 1 unspecified atom stereocenters. The van der Waals surface area contributed by atoms with Crippen LogP contribution in [0, 0.1) is 17.8 Å². The lowest BCUT2D eigenvalue weighted by Crippen LogP contribution is -2.37. The molecule has 0 amide bonds. The van der Waals surface area contributed by atoms with Crippen LogP contribution in [0.5, 0.6) is 0 Å². The van der Waals surface area contributed by atoms with E-state index in [9.17, 15) is 9.59 Å². The number of ether oxygens (including phenoxy) is 2. The van der Waals surface area contributed by atoms with Crippen LogP contribution in [0.15, 0.2) is 0 Å². The predicted octanol–water partition coefficient (Wildman–Crippen LogP) is 2.17. The standard InChI is InChI=1S/C13H22O4/c1-4-16-12(14)10-7-6-9(3)8-11(10)13(15)17-5-2/h9-11H,4-8H2,1-3H3/t9?,10-,11+/m1/s1. The van der Waals surface area contributed by atoms with E-state index in [4.69, 9.17) is 9.47 Å². The molecule has 1 fully saturated rings. The highest BCUT2D eigenvalue weighted by Gasteiger charge is 2.39. The van der Waals surface area contributed by atoms with E-state index in [-0.39, 0.29) is 23.8 Å². The van der Waals surface area contributed by atoms with Gasteiger partial charge in [-0.1, -0.05) is 6.92 Å². The van der Waals surface area contributed by atoms with Crippen LogP contribution in [0.1, 0.15) is 40.0 Å². The van der Waals surface area contributed by atoms with Gasteiger partial charge in [0.1, 0.15) is 0 Å². The van der Waals surface area contributed by atoms with Crippen molar-refractivity contribution in [3.8, 4) is 0 Å². The largest absolute Gasteiger partial charge is 0.466 e. The molecule has 3 atom stereocenters. The molecule has 0 aromatic carbocycles. The highest BCUT2D eigenvalue weighted by molar-refractivity contribution is 5.82. The average Bonchev–Trinajstić information content (AvgIpc) is 2.29. The van der Waals surface area contributed by atoms with Crippen LogP contribution in [0.4, 0.5) is 0 Å². The van der Waals surface area contributed by atoms with E-state index in [1.165, 1.54) is 0 Å². The van der Waals surface area contributed by atoms with Gasteiger partial charge >= 0.3 is 11.9 Å². The number of hydrogen-bond donors (Lipinski definition) is 0. The summed E-state index contributed by atoms with van der Waals surface area (Å²) in [6.07, 6.45) is 2.42. The Morgan fingerprint density at radius 1 is 1.00 bits per heavy atom. The summed E-state index contributed by atoms with van der Waals surface area (Å²) in [6, 6.07) is 0. The fourth-order valence-corrected chi connectivity index (χ4v) is 2.42. The summed E-state index contributed by atoms with van der Waals surface area (Å²) < 4.78 is 10.1. The second-order valence-corrected chi connectivity index (χ2v) is 4.64. The first-order chi connectivity index (χ1) is 8.10. The molecule has 1 saturated carbocycles. The van der Waals surface area contributed by atoms with Gasteiger partial charge in [-0.3, -0.25) is 9.59 Å². The Morgan fingerprint density at radius 3 is 2.06 bits per heavy atom. The number of hydrogen-bond acceptors (Lipinski definition) is 4. The van der Waals surface area contributed by atoms with E-state index < -0.39 is 0 Å². The van der Waals surface area contributed by atoms with Gasteiger partial charge in [0.05, 0.1) is 25.0 Å². The second-order valence-electron chi connectivity index (χ2n) is 4.64. The summed E-state index contributed by atoms with van der Waals surface area (Å²) in [5.41, 5.74) is 0. The lowest BCUT2D eigenvalue weighted by atomic mass is 9.74. The van der Waals surface area contributed by atoms with Crippen molar-refractivity contribution in [1.82, 2.24) is 0 Å². The zero-order valence-corrected chi connectivity index (χ0v) is 10.9. The van der Waals surface area contributed by atoms with Crippen LogP contribution in [-0.2, 0) is 19.1 Å². The summed E-state index contributed by atoms with van der Waals surface area (Å²) in [5.74, 6) is -0.674. The van der Waals surface area contributed by atoms with Gasteiger partial charge in [-0.05, 0) is 39.0 Å². The van der Waals surface area contributed by atoms with Crippen molar-refractivity contribution in [2.45, 2.75) is 40.0 Å². The van der Waals surface area contributed by atoms with Crippen LogP contribution in [0.2, 0.25) is 0 Å². The molecular weight excluding hydrogens is 220 g/mol. The van der Waals surface area contributed by atoms with E-state index in [0.717, 1.165) is 19.3 Å². The van der Waals surface area contributed by atoms with E-state index in [2.05, 4.69) is 6.92 Å². The van der Waals surface area contributed by atoms with Crippen molar-refractivity contribution < 1.29 is 19.1 Å². The smallest absolute Gasteiger partial charge is 0.309 e. The normalized spacial score (nSPS) is 28.5. The zero-order chi connectivity index (χ0) is 12.8. The Morgan fingerprint density at radius 2 is 1.53 bits per heavy atom. The summed E-state index contributed by atoms with van der Waals surface area (Å²) >= 11 is 0. The molecule has 0 bridgehead atoms. The molecule has 98 valence electrons. The molecule has 0 aromatic heterocycles. The van der Waals surface area contributed by atoms with Crippen molar-refractivity contribution in [2.75, 3.05) is 13.2 Å². The molecule has 0 spiro atoms. The quantitative estimate of drug-likeness (QED) is 0.709. The molecule has 17 heavy (non-hydrogen) atoms. The molecule has 0 radical (unpaired) electrons. The van der Waals surface area contributed by atoms with Gasteiger partial charge in [0.15, 0.2) is 0 Å². The van der Waals surface area contributed by atoms with Crippen molar-refractivity contribution in [3.63, 3.8) is 0 Å². The van der Waals surface area contributed by atoms with Gasteiger partial charge < -0.3 is 9.47 Å². The third kappa shape index (κ3) is 3.72. The molecular formula is C13H22O4. The van der Waals surface area contributed by atoms with Crippen molar-refractivity contribution in [2.24, 2.45) is 17.8 Å². The Balaban J connectivity index is 2.70. The summed E-state index contributed by atoms with van der Waals surface area (Å²) in [4.78, 5) is 23.6. The first-order valence-electron chi connectivity index (χ1n) is 6.43. The predicted molar refractivity (Wildman–Crippen MR) is 63.3 cm³/mol. The van der Waals surface area contributed by atoms with Crippen molar-refractivity contribution >= 4 is 11.9 Å². The molecule has 1 aliphatic carbocycles. The first-order valence-corrected chi connectivity index (χ1v) is 6.43. The minimum absolute atomic E-state index is 0.252. The van der Waals surface area contributed by atoms with Gasteiger partial charge in [0, 0.05) is 0 Å². The van der Waals surface area contributed by atoms with Crippen LogP contribution >= 0.6 is 0 Å². The van der Waals surface area contributed by atoms with Crippen molar-refractivity contribution in [1.29, 1.82) is 0 Å². The van der Waals surface area contributed by atoms with Crippen LogP contribution in [0.25, 0.3) is 0 Å². The van der Waals surface area contributed by atoms with Gasteiger partial charge in [0.2, 0.25) is 0 Å². The molecule has 0 saturated heterocycles. The minimum atomic E-state index is -0.322. The lowest BCUT2D eigenvalue weighted by Gasteiger charge is -2.31. The van der Waals surface area contributed by atoms with Crippen LogP contribution < -0.4 is 0 Å². The Labute approximate surface area is 103 Å². The Bertz CT molecular complexity index is 275. The first kappa shape index (κ1) is 14.0. The fourth-order valence-electron chi connectivity index (χ4n) is 2.42. The van der Waals surface area contributed by atoms with E-state index in [1.54, 1.807) is 13.8 Å². The summed E-state index contributed by atoms with van der Waals surface area (Å²) in [6.45, 7) is 6.39. The average molecular weight is 242 g/mol. The fraction of sp³-hybridized carbons (Fsp3) is 0.846. The Hall–Kier alpha value is -1.06. The minimum Gasteiger partial charge on any atom is -0.466 e. The van der Waals surface area contributed by atoms with Gasteiger partial charge in [-0.2, -0.15) is 0 Å². The molecule has 1 rings (SSSR count). The zero-order valence-electron chi connectivity index (χ0n) is 10.9. The second kappa shape index (κ2) is 6.62. The van der Waals surface area contributed by atoms with E-state index in [1.807, 2.05) is 0 Å². The molecule has 0 heterocycles. The van der Waals surface area contributed by atoms with Gasteiger partial charge in [-0.25, -0.2) is 0 Å². The maximum Gasteiger partial charge on any atom is 0.309 e. The number of esters is 2. The summed E-state index contributed by atoms with van der Waals surface area (Å²) in [7, 11) is 0. The third-order valence-corrected chi connectivity index (χ3v) is 3.29. The van der Waals surface area contributed by atoms with Crippen LogP contribution in [0.3, 0.4) is 0 Å².